The Morgan fingerprint density at radius 2 is 1.70 bits per heavy atom. The zero-order chi connectivity index (χ0) is 13.8. The van der Waals surface area contributed by atoms with E-state index >= 15 is 0 Å². The maximum atomic E-state index is 6.53. The second kappa shape index (κ2) is 6.19. The zero-order valence-corrected chi connectivity index (χ0v) is 12.0. The van der Waals surface area contributed by atoms with Crippen molar-refractivity contribution >= 4 is 11.6 Å². The van der Waals surface area contributed by atoms with Crippen molar-refractivity contribution in [2.24, 2.45) is 0 Å². The Labute approximate surface area is 124 Å². The van der Waals surface area contributed by atoms with Gasteiger partial charge in [-0.3, -0.25) is 0 Å². The number of fused-ring (bicyclic) bond motifs is 1. The summed E-state index contributed by atoms with van der Waals surface area (Å²) in [7, 11) is 0. The molecule has 0 fully saturated rings. The van der Waals surface area contributed by atoms with E-state index in [-0.39, 0.29) is 5.38 Å². The van der Waals surface area contributed by atoms with E-state index in [1.165, 1.54) is 5.56 Å². The first-order valence-corrected chi connectivity index (χ1v) is 7.34. The topological polar surface area (TPSA) is 18.5 Å². The highest BCUT2D eigenvalue weighted by Gasteiger charge is 2.15. The Morgan fingerprint density at radius 1 is 0.950 bits per heavy atom. The highest BCUT2D eigenvalue weighted by Crippen LogP contribution is 2.35. The lowest BCUT2D eigenvalue weighted by molar-refractivity contribution is 0.297. The fourth-order valence-electron chi connectivity index (χ4n) is 2.31. The number of ether oxygens (including phenoxy) is 2. The highest BCUT2D eigenvalue weighted by molar-refractivity contribution is 6.21. The standard InChI is InChI=1S/C17H17ClO2/c18-15(11-13-5-2-1-3-6-13)14-7-8-16-17(12-14)20-10-4-9-19-16/h1-3,5-8,12,15H,4,9-11H2. The number of benzene rings is 2. The first-order valence-electron chi connectivity index (χ1n) is 6.90. The molecule has 1 heterocycles. The van der Waals surface area contributed by atoms with Crippen LogP contribution in [0.3, 0.4) is 0 Å². The molecule has 0 aromatic heterocycles. The Bertz CT molecular complexity index is 568. The van der Waals surface area contributed by atoms with Crippen molar-refractivity contribution in [2.75, 3.05) is 13.2 Å². The van der Waals surface area contributed by atoms with Gasteiger partial charge in [-0.1, -0.05) is 36.4 Å². The van der Waals surface area contributed by atoms with Gasteiger partial charge in [-0.25, -0.2) is 0 Å². The number of rotatable bonds is 3. The van der Waals surface area contributed by atoms with Crippen LogP contribution in [0.25, 0.3) is 0 Å². The van der Waals surface area contributed by atoms with Gasteiger partial charge in [-0.05, 0) is 29.7 Å². The first kappa shape index (κ1) is 13.3. The molecule has 104 valence electrons. The van der Waals surface area contributed by atoms with E-state index in [0.717, 1.165) is 29.9 Å². The molecule has 0 saturated heterocycles. The lowest BCUT2D eigenvalue weighted by atomic mass is 10.0. The van der Waals surface area contributed by atoms with E-state index in [9.17, 15) is 0 Å². The lowest BCUT2D eigenvalue weighted by Gasteiger charge is -2.13. The maximum absolute atomic E-state index is 6.53. The smallest absolute Gasteiger partial charge is 0.161 e. The molecule has 0 N–H and O–H groups in total. The molecular weight excluding hydrogens is 272 g/mol. The van der Waals surface area contributed by atoms with E-state index in [0.29, 0.717) is 13.2 Å². The number of hydrogen-bond donors (Lipinski definition) is 0. The van der Waals surface area contributed by atoms with E-state index in [4.69, 9.17) is 21.1 Å². The Hall–Kier alpha value is -1.67. The van der Waals surface area contributed by atoms with Crippen LogP contribution in [0.15, 0.2) is 48.5 Å². The molecule has 1 unspecified atom stereocenters. The minimum atomic E-state index is -0.0606. The summed E-state index contributed by atoms with van der Waals surface area (Å²) in [5, 5.41) is -0.0606. The molecule has 0 radical (unpaired) electrons. The summed E-state index contributed by atoms with van der Waals surface area (Å²) in [4.78, 5) is 0. The average Bonchev–Trinajstić information content (AvgIpc) is 2.72. The van der Waals surface area contributed by atoms with Crippen molar-refractivity contribution in [3.8, 4) is 11.5 Å². The molecule has 0 spiro atoms. The van der Waals surface area contributed by atoms with Crippen LogP contribution in [0.2, 0.25) is 0 Å². The van der Waals surface area contributed by atoms with Crippen LogP contribution in [-0.4, -0.2) is 13.2 Å². The van der Waals surface area contributed by atoms with Crippen LogP contribution in [0, 0.1) is 0 Å². The molecule has 1 aliphatic rings. The molecule has 1 atom stereocenters. The molecule has 1 aliphatic heterocycles. The van der Waals surface area contributed by atoms with Crippen molar-refractivity contribution in [2.45, 2.75) is 18.2 Å². The first-order chi connectivity index (χ1) is 9.83. The highest BCUT2D eigenvalue weighted by atomic mass is 35.5. The van der Waals surface area contributed by atoms with Gasteiger partial charge in [0.25, 0.3) is 0 Å². The summed E-state index contributed by atoms with van der Waals surface area (Å²) in [6.45, 7) is 1.41. The average molecular weight is 289 g/mol. The van der Waals surface area contributed by atoms with Crippen molar-refractivity contribution < 1.29 is 9.47 Å². The molecule has 3 heteroatoms. The monoisotopic (exact) mass is 288 g/mol. The third-order valence-corrected chi connectivity index (χ3v) is 3.80. The third-order valence-electron chi connectivity index (χ3n) is 3.39. The van der Waals surface area contributed by atoms with Crippen LogP contribution < -0.4 is 9.47 Å². The minimum absolute atomic E-state index is 0.0606. The molecule has 2 aromatic rings. The SMILES string of the molecule is ClC(Cc1ccccc1)c1ccc2c(c1)OCCCO2. The molecule has 0 amide bonds. The molecule has 2 nitrogen and oxygen atoms in total. The predicted octanol–water partition coefficient (Wildman–Crippen LogP) is 4.37. The van der Waals surface area contributed by atoms with E-state index < -0.39 is 0 Å². The van der Waals surface area contributed by atoms with Crippen molar-refractivity contribution in [3.05, 3.63) is 59.7 Å². The van der Waals surface area contributed by atoms with Crippen molar-refractivity contribution in [1.29, 1.82) is 0 Å². The van der Waals surface area contributed by atoms with Gasteiger partial charge in [0.1, 0.15) is 0 Å². The molecule has 20 heavy (non-hydrogen) atoms. The molecular formula is C17H17ClO2. The fourth-order valence-corrected chi connectivity index (χ4v) is 2.63. The summed E-state index contributed by atoms with van der Waals surface area (Å²) in [5.41, 5.74) is 2.30. The van der Waals surface area contributed by atoms with Gasteiger partial charge in [0.2, 0.25) is 0 Å². The fraction of sp³-hybridized carbons (Fsp3) is 0.294. The zero-order valence-electron chi connectivity index (χ0n) is 11.2. The van der Waals surface area contributed by atoms with Crippen LogP contribution in [-0.2, 0) is 6.42 Å². The molecule has 0 aliphatic carbocycles. The predicted molar refractivity (Wildman–Crippen MR) is 80.8 cm³/mol. The van der Waals surface area contributed by atoms with E-state index in [1.54, 1.807) is 0 Å². The third kappa shape index (κ3) is 3.07. The Morgan fingerprint density at radius 3 is 2.50 bits per heavy atom. The van der Waals surface area contributed by atoms with E-state index in [2.05, 4.69) is 12.1 Å². The van der Waals surface area contributed by atoms with Crippen LogP contribution in [0.1, 0.15) is 22.9 Å². The van der Waals surface area contributed by atoms with Gasteiger partial charge >= 0.3 is 0 Å². The van der Waals surface area contributed by atoms with Gasteiger partial charge in [-0.2, -0.15) is 0 Å². The molecule has 0 bridgehead atoms. The van der Waals surface area contributed by atoms with Crippen molar-refractivity contribution in [1.82, 2.24) is 0 Å². The quantitative estimate of drug-likeness (QED) is 0.781. The summed E-state index contributed by atoms with van der Waals surface area (Å²) in [6.07, 6.45) is 1.72. The normalized spacial score (nSPS) is 15.4. The summed E-state index contributed by atoms with van der Waals surface area (Å²) < 4.78 is 11.3. The molecule has 2 aromatic carbocycles. The van der Waals surface area contributed by atoms with Crippen LogP contribution in [0.4, 0.5) is 0 Å². The second-order valence-corrected chi connectivity index (χ2v) is 5.44. The lowest BCUT2D eigenvalue weighted by Crippen LogP contribution is -1.98. The summed E-state index contributed by atoms with van der Waals surface area (Å²) >= 11 is 6.53. The number of halogens is 1. The van der Waals surface area contributed by atoms with Crippen LogP contribution >= 0.6 is 11.6 Å². The van der Waals surface area contributed by atoms with Crippen molar-refractivity contribution in [3.63, 3.8) is 0 Å². The van der Waals surface area contributed by atoms with Crippen LogP contribution in [0.5, 0.6) is 11.5 Å². The van der Waals surface area contributed by atoms with Gasteiger partial charge in [-0.15, -0.1) is 11.6 Å². The largest absolute Gasteiger partial charge is 0.490 e. The number of alkyl halides is 1. The Balaban J connectivity index is 1.78. The van der Waals surface area contributed by atoms with Gasteiger partial charge in [0, 0.05) is 6.42 Å². The van der Waals surface area contributed by atoms with Gasteiger partial charge in [0.15, 0.2) is 11.5 Å². The van der Waals surface area contributed by atoms with Gasteiger partial charge in [0.05, 0.1) is 18.6 Å². The van der Waals surface area contributed by atoms with E-state index in [1.807, 2.05) is 36.4 Å². The maximum Gasteiger partial charge on any atom is 0.161 e. The summed E-state index contributed by atoms with van der Waals surface area (Å²) in [6, 6.07) is 16.3. The number of hydrogen-bond acceptors (Lipinski definition) is 2. The van der Waals surface area contributed by atoms with Gasteiger partial charge < -0.3 is 9.47 Å². The summed E-state index contributed by atoms with van der Waals surface area (Å²) in [5.74, 6) is 1.62. The molecule has 0 saturated carbocycles. The Kier molecular flexibility index (Phi) is 4.12. The minimum Gasteiger partial charge on any atom is -0.490 e. The molecule has 3 rings (SSSR count). The second-order valence-electron chi connectivity index (χ2n) is 4.91.